The summed E-state index contributed by atoms with van der Waals surface area (Å²) >= 11 is 0. The number of benzene rings is 2. The van der Waals surface area contributed by atoms with Gasteiger partial charge in [-0.2, -0.15) is 8.78 Å². The van der Waals surface area contributed by atoms with E-state index in [1.807, 2.05) is 0 Å². The Morgan fingerprint density at radius 1 is 0.743 bits per heavy atom. The number of rotatable bonds is 6. The Morgan fingerprint density at radius 2 is 1.40 bits per heavy atom. The van der Waals surface area contributed by atoms with Crippen molar-refractivity contribution in [1.82, 2.24) is 0 Å². The smallest absolute Gasteiger partial charge is 0.429 e. The highest BCUT2D eigenvalue weighted by atomic mass is 19.4. The van der Waals surface area contributed by atoms with Crippen LogP contribution in [-0.2, 0) is 10.8 Å². The largest absolute Gasteiger partial charge is 0.573 e. The van der Waals surface area contributed by atoms with E-state index in [2.05, 4.69) is 9.47 Å². The van der Waals surface area contributed by atoms with Crippen LogP contribution in [0.25, 0.3) is 0 Å². The molecule has 1 saturated heterocycles. The molecule has 2 aromatic rings. The number of ether oxygens (including phenoxy) is 3. The average Bonchev–Trinajstić information content (AvgIpc) is 3.30. The van der Waals surface area contributed by atoms with Crippen molar-refractivity contribution in [2.75, 3.05) is 6.61 Å². The molecule has 1 saturated carbocycles. The molecule has 2 fully saturated rings. The van der Waals surface area contributed by atoms with Gasteiger partial charge in [0.15, 0.2) is 11.6 Å². The number of hydrogen-bond donors (Lipinski definition) is 0. The standard InChI is InChI=1S/C24H22F8O3/c25-18-9-14(21-8-6-15(12-33-21)13-3-1-2-4-13)5-7-17(18)23(28,29)34-16-10-19(26)22(20(27)11-16)35-24(30,31)32/h5,7,9-11,13,15,21H,1-4,6,8,12H2. The maximum Gasteiger partial charge on any atom is 0.573 e. The van der Waals surface area contributed by atoms with Crippen LogP contribution >= 0.6 is 0 Å². The highest BCUT2D eigenvalue weighted by molar-refractivity contribution is 5.36. The second-order valence-electron chi connectivity index (χ2n) is 8.83. The molecule has 3 nitrogen and oxygen atoms in total. The molecule has 11 heteroatoms. The molecule has 0 spiro atoms. The SMILES string of the molecule is Fc1cc(C2CCC(C3CCCC3)CO2)ccc1C(F)(F)Oc1cc(F)c(OC(F)(F)F)c(F)c1. The van der Waals surface area contributed by atoms with Crippen LogP contribution in [0.2, 0.25) is 0 Å². The van der Waals surface area contributed by atoms with E-state index in [-0.39, 0.29) is 12.1 Å². The van der Waals surface area contributed by atoms with Crippen LogP contribution in [0.5, 0.6) is 11.5 Å². The van der Waals surface area contributed by atoms with Gasteiger partial charge in [0.25, 0.3) is 0 Å². The van der Waals surface area contributed by atoms with Crippen molar-refractivity contribution in [3.05, 3.63) is 58.9 Å². The minimum Gasteiger partial charge on any atom is -0.429 e. The molecule has 192 valence electrons. The molecule has 2 aromatic carbocycles. The van der Waals surface area contributed by atoms with Gasteiger partial charge in [-0.25, -0.2) is 13.2 Å². The van der Waals surface area contributed by atoms with E-state index in [1.54, 1.807) is 0 Å². The Kier molecular flexibility index (Phi) is 7.17. The molecular weight excluding hydrogens is 488 g/mol. The molecule has 0 radical (unpaired) electrons. The third kappa shape index (κ3) is 5.99. The molecule has 1 heterocycles. The van der Waals surface area contributed by atoms with Crippen LogP contribution in [0.4, 0.5) is 35.1 Å². The highest BCUT2D eigenvalue weighted by Crippen LogP contribution is 2.41. The maximum absolute atomic E-state index is 14.6. The molecule has 0 N–H and O–H groups in total. The second kappa shape index (κ2) is 9.83. The molecule has 0 bridgehead atoms. The van der Waals surface area contributed by atoms with Crippen LogP contribution in [0.1, 0.15) is 55.8 Å². The van der Waals surface area contributed by atoms with Gasteiger partial charge in [0, 0.05) is 12.1 Å². The van der Waals surface area contributed by atoms with Crippen LogP contribution in [-0.4, -0.2) is 13.0 Å². The van der Waals surface area contributed by atoms with Crippen molar-refractivity contribution < 1.29 is 49.3 Å². The first-order chi connectivity index (χ1) is 16.4. The summed E-state index contributed by atoms with van der Waals surface area (Å²) in [7, 11) is 0. The van der Waals surface area contributed by atoms with E-state index in [1.165, 1.54) is 31.7 Å². The van der Waals surface area contributed by atoms with E-state index in [0.29, 0.717) is 30.4 Å². The van der Waals surface area contributed by atoms with Crippen molar-refractivity contribution in [2.45, 2.75) is 57.1 Å². The maximum atomic E-state index is 14.6. The summed E-state index contributed by atoms with van der Waals surface area (Å²) < 4.78 is 121. The van der Waals surface area contributed by atoms with Gasteiger partial charge in [-0.1, -0.05) is 31.7 Å². The molecule has 1 aliphatic heterocycles. The Bertz CT molecular complexity index is 1020. The van der Waals surface area contributed by atoms with Gasteiger partial charge in [0.05, 0.1) is 18.3 Å². The molecular formula is C24H22F8O3. The predicted molar refractivity (Wildman–Crippen MR) is 107 cm³/mol. The first kappa shape index (κ1) is 25.5. The number of hydrogen-bond acceptors (Lipinski definition) is 3. The minimum absolute atomic E-state index is 0.0843. The zero-order valence-corrected chi connectivity index (χ0v) is 18.3. The topological polar surface area (TPSA) is 27.7 Å². The van der Waals surface area contributed by atoms with Crippen LogP contribution in [0.15, 0.2) is 30.3 Å². The molecule has 2 unspecified atom stereocenters. The Morgan fingerprint density at radius 3 is 1.94 bits per heavy atom. The molecule has 0 aromatic heterocycles. The summed E-state index contributed by atoms with van der Waals surface area (Å²) in [5.74, 6) is -7.10. The van der Waals surface area contributed by atoms with Crippen molar-refractivity contribution >= 4 is 0 Å². The summed E-state index contributed by atoms with van der Waals surface area (Å²) in [5.41, 5.74) is -0.838. The summed E-state index contributed by atoms with van der Waals surface area (Å²) in [5, 5.41) is 0. The normalized spacial score (nSPS) is 21.8. The Balaban J connectivity index is 1.45. The fraction of sp³-hybridized carbons (Fsp3) is 0.500. The van der Waals surface area contributed by atoms with E-state index in [0.717, 1.165) is 18.6 Å². The lowest BCUT2D eigenvalue weighted by Gasteiger charge is -2.33. The average molecular weight is 510 g/mol. The number of alkyl halides is 5. The zero-order chi connectivity index (χ0) is 25.4. The second-order valence-corrected chi connectivity index (χ2v) is 8.83. The summed E-state index contributed by atoms with van der Waals surface area (Å²) in [6.45, 7) is 0.517. The van der Waals surface area contributed by atoms with Crippen LogP contribution in [0.3, 0.4) is 0 Å². The van der Waals surface area contributed by atoms with E-state index >= 15 is 0 Å². The van der Waals surface area contributed by atoms with Crippen molar-refractivity contribution in [3.8, 4) is 11.5 Å². The third-order valence-corrected chi connectivity index (χ3v) is 6.49. The quantitative estimate of drug-likeness (QED) is 0.372. The van der Waals surface area contributed by atoms with Crippen molar-refractivity contribution in [1.29, 1.82) is 0 Å². The Labute approximate surface area is 196 Å². The molecule has 2 atom stereocenters. The lowest BCUT2D eigenvalue weighted by Crippen LogP contribution is -2.26. The monoisotopic (exact) mass is 510 g/mol. The van der Waals surface area contributed by atoms with Crippen molar-refractivity contribution in [3.63, 3.8) is 0 Å². The van der Waals surface area contributed by atoms with E-state index in [9.17, 15) is 35.1 Å². The first-order valence-corrected chi connectivity index (χ1v) is 11.2. The molecule has 2 aliphatic rings. The lowest BCUT2D eigenvalue weighted by molar-refractivity contribution is -0.276. The predicted octanol–water partition coefficient (Wildman–Crippen LogP) is 7.79. The highest BCUT2D eigenvalue weighted by Gasteiger charge is 2.40. The fourth-order valence-electron chi connectivity index (χ4n) is 4.81. The van der Waals surface area contributed by atoms with Gasteiger partial charge >= 0.3 is 12.5 Å². The first-order valence-electron chi connectivity index (χ1n) is 11.2. The van der Waals surface area contributed by atoms with Crippen LogP contribution < -0.4 is 9.47 Å². The summed E-state index contributed by atoms with van der Waals surface area (Å²) in [6, 6.07) is 3.11. The lowest BCUT2D eigenvalue weighted by atomic mass is 9.84. The number of halogens is 8. The molecule has 4 rings (SSSR count). The molecule has 0 amide bonds. The minimum atomic E-state index is -5.40. The van der Waals surface area contributed by atoms with Gasteiger partial charge in [-0.05, 0) is 42.4 Å². The Hall–Kier alpha value is -2.56. The zero-order valence-electron chi connectivity index (χ0n) is 18.3. The molecule has 35 heavy (non-hydrogen) atoms. The van der Waals surface area contributed by atoms with Gasteiger partial charge in [0.2, 0.25) is 5.75 Å². The summed E-state index contributed by atoms with van der Waals surface area (Å²) in [4.78, 5) is 0. The molecule has 1 aliphatic carbocycles. The van der Waals surface area contributed by atoms with Gasteiger partial charge < -0.3 is 14.2 Å². The van der Waals surface area contributed by atoms with Crippen molar-refractivity contribution in [2.24, 2.45) is 11.8 Å². The van der Waals surface area contributed by atoms with Gasteiger partial charge in [-0.15, -0.1) is 13.2 Å². The van der Waals surface area contributed by atoms with Gasteiger partial charge in [-0.3, -0.25) is 0 Å². The van der Waals surface area contributed by atoms with Crippen LogP contribution in [0, 0.1) is 29.3 Å². The van der Waals surface area contributed by atoms with Gasteiger partial charge in [0.1, 0.15) is 11.6 Å². The van der Waals surface area contributed by atoms with E-state index < -0.39 is 53.1 Å². The summed E-state index contributed by atoms with van der Waals surface area (Å²) in [6.07, 6.45) is -3.97. The third-order valence-electron chi connectivity index (χ3n) is 6.49. The fourth-order valence-corrected chi connectivity index (χ4v) is 4.81. The van der Waals surface area contributed by atoms with E-state index in [4.69, 9.17) is 4.74 Å².